The second-order valence-corrected chi connectivity index (χ2v) is 3.70. The third kappa shape index (κ3) is 3.20. The van der Waals surface area contributed by atoms with Crippen LogP contribution in [0.25, 0.3) is 0 Å². The lowest BCUT2D eigenvalue weighted by molar-refractivity contribution is 0.242. The molecule has 0 heterocycles. The molecule has 83 valence electrons. The van der Waals surface area contributed by atoms with Gasteiger partial charge in [-0.3, -0.25) is 0 Å². The predicted octanol–water partition coefficient (Wildman–Crippen LogP) is 2.78. The number of halogens is 1. The number of hydrogen-bond acceptors (Lipinski definition) is 2. The Kier molecular flexibility index (Phi) is 4.09. The molecule has 1 unspecified atom stereocenters. The van der Waals surface area contributed by atoms with Crippen LogP contribution in [0.4, 0.5) is 4.39 Å². The Balaban J connectivity index is 2.97. The van der Waals surface area contributed by atoms with E-state index < -0.39 is 6.17 Å². The van der Waals surface area contributed by atoms with Crippen LogP contribution in [0.15, 0.2) is 18.2 Å². The zero-order valence-corrected chi connectivity index (χ0v) is 9.16. The predicted molar refractivity (Wildman–Crippen MR) is 59.3 cm³/mol. The molecule has 0 aromatic heterocycles. The molecular weight excluding hydrogens is 193 g/mol. The first-order valence-corrected chi connectivity index (χ1v) is 5.01. The minimum absolute atomic E-state index is 0.0994. The van der Waals surface area contributed by atoms with Crippen molar-refractivity contribution in [2.45, 2.75) is 32.7 Å². The molecule has 3 heteroatoms. The maximum atomic E-state index is 13.1. The fourth-order valence-electron chi connectivity index (χ4n) is 1.41. The Labute approximate surface area is 90.2 Å². The summed E-state index contributed by atoms with van der Waals surface area (Å²) in [5, 5.41) is 0. The summed E-state index contributed by atoms with van der Waals surface area (Å²) in [5.74, 6) is 0.717. The molecule has 0 bridgehead atoms. The SMILES string of the molecule is [CH2]C(F)c1ccc(OC(C)C)cc1CN. The van der Waals surface area contributed by atoms with Gasteiger partial charge in [0.1, 0.15) is 11.9 Å². The molecule has 2 nitrogen and oxygen atoms in total. The highest BCUT2D eigenvalue weighted by Gasteiger charge is 2.10. The lowest BCUT2D eigenvalue weighted by atomic mass is 10.0. The maximum Gasteiger partial charge on any atom is 0.126 e. The van der Waals surface area contributed by atoms with Gasteiger partial charge in [-0.25, -0.2) is 4.39 Å². The lowest BCUT2D eigenvalue weighted by Gasteiger charge is -2.14. The fourth-order valence-corrected chi connectivity index (χ4v) is 1.41. The van der Waals surface area contributed by atoms with Crippen molar-refractivity contribution < 1.29 is 9.13 Å². The van der Waals surface area contributed by atoms with Crippen LogP contribution in [0.5, 0.6) is 5.75 Å². The number of benzene rings is 1. The van der Waals surface area contributed by atoms with Crippen LogP contribution >= 0.6 is 0 Å². The monoisotopic (exact) mass is 210 g/mol. The highest BCUT2D eigenvalue weighted by atomic mass is 19.1. The number of nitrogens with two attached hydrogens (primary N) is 1. The molecule has 1 rings (SSSR count). The van der Waals surface area contributed by atoms with Gasteiger partial charge in [0.2, 0.25) is 0 Å². The summed E-state index contributed by atoms with van der Waals surface area (Å²) in [6, 6.07) is 5.19. The van der Waals surface area contributed by atoms with E-state index in [2.05, 4.69) is 6.92 Å². The van der Waals surface area contributed by atoms with E-state index in [1.54, 1.807) is 18.2 Å². The Morgan fingerprint density at radius 2 is 2.13 bits per heavy atom. The standard InChI is InChI=1S/C12H17FNO/c1-8(2)15-11-4-5-12(9(3)13)10(6-11)7-14/h4-6,8-9H,3,7,14H2,1-2H3. The van der Waals surface area contributed by atoms with Gasteiger partial charge in [0.25, 0.3) is 0 Å². The second kappa shape index (κ2) is 5.12. The van der Waals surface area contributed by atoms with E-state index in [1.165, 1.54) is 0 Å². The van der Waals surface area contributed by atoms with Gasteiger partial charge in [-0.05, 0) is 44.0 Å². The van der Waals surface area contributed by atoms with Crippen molar-refractivity contribution in [2.75, 3.05) is 0 Å². The first-order valence-electron chi connectivity index (χ1n) is 5.01. The van der Waals surface area contributed by atoms with Gasteiger partial charge in [0, 0.05) is 6.54 Å². The maximum absolute atomic E-state index is 13.1. The van der Waals surface area contributed by atoms with Crippen molar-refractivity contribution in [1.82, 2.24) is 0 Å². The van der Waals surface area contributed by atoms with Gasteiger partial charge in [-0.1, -0.05) is 6.07 Å². The number of rotatable bonds is 4. The third-order valence-corrected chi connectivity index (χ3v) is 2.04. The summed E-state index contributed by atoms with van der Waals surface area (Å²) in [6.07, 6.45) is -1.14. The summed E-state index contributed by atoms with van der Waals surface area (Å²) < 4.78 is 18.6. The number of ether oxygens (including phenoxy) is 1. The molecule has 15 heavy (non-hydrogen) atoms. The van der Waals surface area contributed by atoms with E-state index in [-0.39, 0.29) is 6.10 Å². The van der Waals surface area contributed by atoms with E-state index in [9.17, 15) is 4.39 Å². The number of alkyl halides is 1. The van der Waals surface area contributed by atoms with Crippen molar-refractivity contribution in [1.29, 1.82) is 0 Å². The van der Waals surface area contributed by atoms with Crippen LogP contribution in [-0.4, -0.2) is 6.10 Å². The molecule has 0 saturated carbocycles. The molecular formula is C12H17FNO. The van der Waals surface area contributed by atoms with Gasteiger partial charge < -0.3 is 10.5 Å². The molecule has 0 aliphatic heterocycles. The molecule has 0 saturated heterocycles. The smallest absolute Gasteiger partial charge is 0.126 e. The van der Waals surface area contributed by atoms with Crippen molar-refractivity contribution in [3.63, 3.8) is 0 Å². The summed E-state index contributed by atoms with van der Waals surface area (Å²) in [5.41, 5.74) is 6.82. The van der Waals surface area contributed by atoms with E-state index >= 15 is 0 Å². The van der Waals surface area contributed by atoms with Crippen LogP contribution in [0, 0.1) is 6.92 Å². The van der Waals surface area contributed by atoms with E-state index in [1.807, 2.05) is 13.8 Å². The summed E-state index contributed by atoms with van der Waals surface area (Å²) in [6.45, 7) is 7.52. The molecule has 0 aliphatic rings. The van der Waals surface area contributed by atoms with Crippen molar-refractivity contribution >= 4 is 0 Å². The quantitative estimate of drug-likeness (QED) is 0.829. The summed E-state index contributed by atoms with van der Waals surface area (Å²) in [4.78, 5) is 0. The normalized spacial score (nSPS) is 12.9. The van der Waals surface area contributed by atoms with Crippen LogP contribution in [-0.2, 0) is 6.54 Å². The van der Waals surface area contributed by atoms with Crippen LogP contribution in [0.1, 0.15) is 31.1 Å². The summed E-state index contributed by atoms with van der Waals surface area (Å²) in [7, 11) is 0. The Hall–Kier alpha value is -1.09. The summed E-state index contributed by atoms with van der Waals surface area (Å²) >= 11 is 0. The van der Waals surface area contributed by atoms with Crippen molar-refractivity contribution in [2.24, 2.45) is 5.73 Å². The van der Waals surface area contributed by atoms with Crippen LogP contribution < -0.4 is 10.5 Å². The highest BCUT2D eigenvalue weighted by molar-refractivity contribution is 5.37. The topological polar surface area (TPSA) is 35.2 Å². The first-order chi connectivity index (χ1) is 7.04. The molecule has 1 radical (unpaired) electrons. The average molecular weight is 210 g/mol. The zero-order valence-electron chi connectivity index (χ0n) is 9.16. The van der Waals surface area contributed by atoms with Gasteiger partial charge in [-0.15, -0.1) is 0 Å². The van der Waals surface area contributed by atoms with Gasteiger partial charge in [-0.2, -0.15) is 0 Å². The van der Waals surface area contributed by atoms with E-state index in [0.717, 1.165) is 11.3 Å². The van der Waals surface area contributed by atoms with Crippen molar-refractivity contribution in [3.05, 3.63) is 36.2 Å². The third-order valence-electron chi connectivity index (χ3n) is 2.04. The minimum Gasteiger partial charge on any atom is -0.491 e. The van der Waals surface area contributed by atoms with Crippen molar-refractivity contribution in [3.8, 4) is 5.75 Å². The van der Waals surface area contributed by atoms with Gasteiger partial charge >= 0.3 is 0 Å². The van der Waals surface area contributed by atoms with E-state index in [0.29, 0.717) is 12.1 Å². The number of hydrogen-bond donors (Lipinski definition) is 1. The molecule has 1 aromatic carbocycles. The van der Waals surface area contributed by atoms with Crippen LogP contribution in [0.2, 0.25) is 0 Å². The molecule has 1 aromatic rings. The van der Waals surface area contributed by atoms with Gasteiger partial charge in [0.15, 0.2) is 0 Å². The molecule has 2 N–H and O–H groups in total. The fraction of sp³-hybridized carbons (Fsp3) is 0.417. The Morgan fingerprint density at radius 1 is 1.47 bits per heavy atom. The molecule has 0 aliphatic carbocycles. The Bertz CT molecular complexity index is 323. The zero-order chi connectivity index (χ0) is 11.4. The average Bonchev–Trinajstić information content (AvgIpc) is 2.16. The highest BCUT2D eigenvalue weighted by Crippen LogP contribution is 2.25. The molecule has 0 amide bonds. The Morgan fingerprint density at radius 3 is 2.60 bits per heavy atom. The van der Waals surface area contributed by atoms with Gasteiger partial charge in [0.05, 0.1) is 6.10 Å². The first kappa shape index (κ1) is 12.0. The molecule has 0 spiro atoms. The lowest BCUT2D eigenvalue weighted by Crippen LogP contribution is -2.08. The largest absolute Gasteiger partial charge is 0.491 e. The van der Waals surface area contributed by atoms with Crippen LogP contribution in [0.3, 0.4) is 0 Å². The van der Waals surface area contributed by atoms with E-state index in [4.69, 9.17) is 10.5 Å². The second-order valence-electron chi connectivity index (χ2n) is 3.70. The molecule has 1 atom stereocenters. The molecule has 0 fully saturated rings. The minimum atomic E-state index is -1.24.